The number of hydrogen-bond donors (Lipinski definition) is 2. The van der Waals surface area contributed by atoms with E-state index < -0.39 is 5.60 Å². The number of hydrogen-bond acceptors (Lipinski definition) is 3. The molecule has 0 aromatic heterocycles. The third kappa shape index (κ3) is 3.67. The first-order valence-electron chi connectivity index (χ1n) is 11.5. The van der Waals surface area contributed by atoms with Crippen molar-refractivity contribution >= 4 is 5.91 Å². The van der Waals surface area contributed by atoms with Crippen molar-refractivity contribution in [1.82, 2.24) is 10.2 Å². The predicted octanol–water partition coefficient (Wildman–Crippen LogP) is 3.56. The van der Waals surface area contributed by atoms with Crippen LogP contribution in [0, 0.1) is 23.7 Å². The van der Waals surface area contributed by atoms with Crippen molar-refractivity contribution in [2.75, 3.05) is 19.6 Å². The van der Waals surface area contributed by atoms with Gasteiger partial charge in [0.05, 0.1) is 0 Å². The second kappa shape index (κ2) is 8.16. The summed E-state index contributed by atoms with van der Waals surface area (Å²) in [5.74, 6) is 1.74. The van der Waals surface area contributed by atoms with Crippen LogP contribution in [0.15, 0.2) is 60.7 Å². The lowest BCUT2D eigenvalue weighted by Gasteiger charge is -2.33. The minimum atomic E-state index is -1.40. The van der Waals surface area contributed by atoms with E-state index >= 15 is 0 Å². The predicted molar refractivity (Wildman–Crippen MR) is 117 cm³/mol. The molecular weight excluding hydrogens is 372 g/mol. The number of likely N-dealkylation sites (tertiary alicyclic amines) is 1. The number of aliphatic hydroxyl groups is 1. The van der Waals surface area contributed by atoms with Gasteiger partial charge in [0, 0.05) is 32.1 Å². The number of carbonyl (C=O) groups is 1. The zero-order valence-corrected chi connectivity index (χ0v) is 17.5. The van der Waals surface area contributed by atoms with E-state index in [0.717, 1.165) is 50.9 Å². The summed E-state index contributed by atoms with van der Waals surface area (Å²) in [7, 11) is 0. The van der Waals surface area contributed by atoms with Gasteiger partial charge in [-0.15, -0.1) is 0 Å². The molecule has 158 valence electrons. The first-order chi connectivity index (χ1) is 14.7. The Labute approximate surface area is 179 Å². The van der Waals surface area contributed by atoms with E-state index in [9.17, 15) is 9.90 Å². The highest BCUT2D eigenvalue weighted by molar-refractivity contribution is 5.86. The average Bonchev–Trinajstić information content (AvgIpc) is 3.17. The van der Waals surface area contributed by atoms with Crippen LogP contribution in [-0.2, 0) is 16.9 Å². The van der Waals surface area contributed by atoms with Crippen LogP contribution in [0.4, 0.5) is 0 Å². The van der Waals surface area contributed by atoms with Crippen LogP contribution in [0.3, 0.4) is 0 Å². The fourth-order valence-corrected chi connectivity index (χ4v) is 5.94. The average molecular weight is 405 g/mol. The van der Waals surface area contributed by atoms with Crippen molar-refractivity contribution in [2.45, 2.75) is 37.8 Å². The van der Waals surface area contributed by atoms with Gasteiger partial charge in [-0.2, -0.15) is 0 Å². The van der Waals surface area contributed by atoms with Crippen molar-refractivity contribution < 1.29 is 9.90 Å². The molecule has 0 spiro atoms. The largest absolute Gasteiger partial charge is 0.375 e. The molecule has 2 saturated carbocycles. The number of amides is 1. The molecule has 1 amide bonds. The number of rotatable bonds is 7. The Hall–Kier alpha value is -2.17. The minimum absolute atomic E-state index is 0.0139. The van der Waals surface area contributed by atoms with Crippen LogP contribution in [0.5, 0.6) is 0 Å². The van der Waals surface area contributed by atoms with Gasteiger partial charge in [-0.1, -0.05) is 73.5 Å². The summed E-state index contributed by atoms with van der Waals surface area (Å²) in [5, 5.41) is 14.7. The molecule has 2 aromatic carbocycles. The van der Waals surface area contributed by atoms with Crippen molar-refractivity contribution in [3.63, 3.8) is 0 Å². The lowest BCUT2D eigenvalue weighted by Crippen LogP contribution is -2.49. The molecule has 3 aliphatic rings. The summed E-state index contributed by atoms with van der Waals surface area (Å²) >= 11 is 0. The van der Waals surface area contributed by atoms with E-state index in [1.807, 2.05) is 30.3 Å². The van der Waals surface area contributed by atoms with Gasteiger partial charge in [-0.05, 0) is 41.7 Å². The summed E-state index contributed by atoms with van der Waals surface area (Å²) in [6.07, 6.45) is 4.03. The number of nitrogens with zero attached hydrogens (tertiary/aromatic N) is 1. The van der Waals surface area contributed by atoms with Crippen molar-refractivity contribution in [1.29, 1.82) is 0 Å². The summed E-state index contributed by atoms with van der Waals surface area (Å²) in [6, 6.07) is 20.2. The zero-order chi connectivity index (χ0) is 20.6. The van der Waals surface area contributed by atoms with E-state index in [1.165, 1.54) is 5.56 Å². The quantitative estimate of drug-likeness (QED) is 0.742. The molecule has 0 bridgehead atoms. The second-order valence-electron chi connectivity index (χ2n) is 9.50. The first kappa shape index (κ1) is 19.8. The van der Waals surface area contributed by atoms with Gasteiger partial charge in [0.2, 0.25) is 0 Å². The van der Waals surface area contributed by atoms with Crippen LogP contribution in [0.1, 0.15) is 36.8 Å². The van der Waals surface area contributed by atoms with E-state index in [-0.39, 0.29) is 11.8 Å². The standard InChI is InChI=1S/C26H32N2O2/c29-25(26(30,21-13-7-8-14-21)20-11-5-2-6-12-20)27-15-22-23-17-28(18-24(22)23)16-19-9-3-1-4-10-19/h1-6,9-12,21-24,30H,7-8,13-18H2,(H,27,29)/t22-,23-,24?,26?/m1/s1. The maximum atomic E-state index is 13.2. The highest BCUT2D eigenvalue weighted by Crippen LogP contribution is 2.51. The molecule has 2 aliphatic carbocycles. The highest BCUT2D eigenvalue weighted by atomic mass is 16.3. The Morgan fingerprint density at radius 3 is 2.20 bits per heavy atom. The van der Waals surface area contributed by atoms with Crippen LogP contribution < -0.4 is 5.32 Å². The second-order valence-corrected chi connectivity index (χ2v) is 9.50. The van der Waals surface area contributed by atoms with Crippen molar-refractivity contribution in [3.8, 4) is 0 Å². The van der Waals surface area contributed by atoms with Gasteiger partial charge < -0.3 is 10.4 Å². The smallest absolute Gasteiger partial charge is 0.256 e. The molecule has 2 aromatic rings. The molecule has 5 rings (SSSR count). The lowest BCUT2D eigenvalue weighted by atomic mass is 9.79. The molecule has 4 atom stereocenters. The normalized spacial score (nSPS) is 28.1. The molecule has 2 unspecified atom stereocenters. The Bertz CT molecular complexity index is 853. The molecule has 3 fully saturated rings. The van der Waals surface area contributed by atoms with E-state index in [2.05, 4.69) is 40.5 Å². The Balaban J connectivity index is 1.17. The maximum absolute atomic E-state index is 13.2. The lowest BCUT2D eigenvalue weighted by molar-refractivity contribution is -0.147. The highest BCUT2D eigenvalue weighted by Gasteiger charge is 2.55. The number of nitrogens with one attached hydrogen (secondary N) is 1. The summed E-state index contributed by atoms with van der Waals surface area (Å²) < 4.78 is 0. The number of benzene rings is 2. The molecule has 1 heterocycles. The van der Waals surface area contributed by atoms with Gasteiger partial charge in [-0.3, -0.25) is 9.69 Å². The topological polar surface area (TPSA) is 52.6 Å². The SMILES string of the molecule is O=C(NC[C@H]1C2CN(Cc3ccccc3)C[C@@H]21)C(O)(c1ccccc1)C1CCCC1. The van der Waals surface area contributed by atoms with Crippen molar-refractivity contribution in [3.05, 3.63) is 71.8 Å². The monoisotopic (exact) mass is 404 g/mol. The minimum Gasteiger partial charge on any atom is -0.375 e. The number of fused-ring (bicyclic) bond motifs is 1. The summed E-state index contributed by atoms with van der Waals surface area (Å²) in [6.45, 7) is 3.94. The molecular formula is C26H32N2O2. The van der Waals surface area contributed by atoms with Crippen LogP contribution in [0.25, 0.3) is 0 Å². The number of carbonyl (C=O) groups excluding carboxylic acids is 1. The van der Waals surface area contributed by atoms with Crippen LogP contribution >= 0.6 is 0 Å². The Morgan fingerprint density at radius 2 is 1.57 bits per heavy atom. The van der Waals surface area contributed by atoms with Crippen LogP contribution in [0.2, 0.25) is 0 Å². The fraction of sp³-hybridized carbons (Fsp3) is 0.500. The van der Waals surface area contributed by atoms with E-state index in [4.69, 9.17) is 0 Å². The first-order valence-corrected chi connectivity index (χ1v) is 11.5. The molecule has 1 saturated heterocycles. The molecule has 4 heteroatoms. The molecule has 4 nitrogen and oxygen atoms in total. The number of piperidine rings is 1. The Morgan fingerprint density at radius 1 is 0.967 bits per heavy atom. The Kier molecular flexibility index (Phi) is 5.38. The van der Waals surface area contributed by atoms with Gasteiger partial charge >= 0.3 is 0 Å². The third-order valence-corrected chi connectivity index (χ3v) is 7.70. The zero-order valence-electron chi connectivity index (χ0n) is 17.5. The van der Waals surface area contributed by atoms with E-state index in [0.29, 0.717) is 24.3 Å². The summed E-state index contributed by atoms with van der Waals surface area (Å²) in [4.78, 5) is 15.8. The van der Waals surface area contributed by atoms with E-state index in [1.54, 1.807) is 0 Å². The van der Waals surface area contributed by atoms with Gasteiger partial charge in [0.25, 0.3) is 5.91 Å². The van der Waals surface area contributed by atoms with Crippen LogP contribution in [-0.4, -0.2) is 35.5 Å². The molecule has 2 N–H and O–H groups in total. The van der Waals surface area contributed by atoms with Gasteiger partial charge in [-0.25, -0.2) is 0 Å². The van der Waals surface area contributed by atoms with Crippen molar-refractivity contribution in [2.24, 2.45) is 23.7 Å². The van der Waals surface area contributed by atoms with Gasteiger partial charge in [0.1, 0.15) is 0 Å². The third-order valence-electron chi connectivity index (χ3n) is 7.70. The molecule has 0 radical (unpaired) electrons. The fourth-order valence-electron chi connectivity index (χ4n) is 5.94. The molecule has 30 heavy (non-hydrogen) atoms. The molecule has 1 aliphatic heterocycles. The van der Waals surface area contributed by atoms with Gasteiger partial charge in [0.15, 0.2) is 5.60 Å². The summed E-state index contributed by atoms with van der Waals surface area (Å²) in [5.41, 5.74) is 0.703. The maximum Gasteiger partial charge on any atom is 0.256 e.